The van der Waals surface area contributed by atoms with Crippen molar-refractivity contribution in [3.63, 3.8) is 0 Å². The van der Waals surface area contributed by atoms with E-state index in [0.717, 1.165) is 51.4 Å². The van der Waals surface area contributed by atoms with Crippen molar-refractivity contribution in [2.45, 2.75) is 251 Å². The quantitative estimate of drug-likeness (QED) is 0.0195. The van der Waals surface area contributed by atoms with Gasteiger partial charge in [0.15, 0.2) is 6.10 Å². The van der Waals surface area contributed by atoms with Gasteiger partial charge in [-0.15, -0.1) is 0 Å². The van der Waals surface area contributed by atoms with Gasteiger partial charge in [0.25, 0.3) is 7.82 Å². The largest absolute Gasteiger partial charge is 0.756 e. The molecule has 0 spiro atoms. The number of phosphoric ester groups is 1. The lowest BCUT2D eigenvalue weighted by Crippen LogP contribution is -2.37. The van der Waals surface area contributed by atoms with E-state index in [1.807, 2.05) is 21.1 Å². The monoisotopic (exact) mass is 872 g/mol. The molecule has 60 heavy (non-hydrogen) atoms. The molecular weight excluding hydrogens is 774 g/mol. The lowest BCUT2D eigenvalue weighted by Gasteiger charge is -2.28. The number of quaternary nitrogens is 1. The highest BCUT2D eigenvalue weighted by Crippen LogP contribution is 2.38. The predicted molar refractivity (Wildman–Crippen MR) is 250 cm³/mol. The Kier molecular flexibility index (Phi) is 42.1. The van der Waals surface area contributed by atoms with Crippen LogP contribution in [0.2, 0.25) is 0 Å². The highest BCUT2D eigenvalue weighted by Gasteiger charge is 2.21. The number of allylic oxidation sites excluding steroid dienone is 2. The number of carbonyl (C=O) groups excluding carboxylic acids is 2. The summed E-state index contributed by atoms with van der Waals surface area (Å²) in [5, 5.41) is 0. The fourth-order valence-corrected chi connectivity index (χ4v) is 8.03. The standard InChI is InChI=1S/C50H98NO8P/c1-6-8-10-12-14-16-18-20-22-23-24-25-26-27-29-31-33-35-37-39-41-43-50(53)59-48(47-58-60(54,55)57-45-44-51(3,4)5)46-56-49(52)42-40-38-36-34-32-30-28-21-19-17-15-13-11-9-7-2/h21,28,48H,6-20,22-27,29-47H2,1-5H3/b28-21-/t48-/m1/s1. The summed E-state index contributed by atoms with van der Waals surface area (Å²) in [7, 11) is 1.17. The van der Waals surface area contributed by atoms with Crippen molar-refractivity contribution in [1.29, 1.82) is 0 Å². The number of rotatable bonds is 47. The van der Waals surface area contributed by atoms with Crippen LogP contribution in [0.5, 0.6) is 0 Å². The lowest BCUT2D eigenvalue weighted by molar-refractivity contribution is -0.870. The summed E-state index contributed by atoms with van der Waals surface area (Å²) < 4.78 is 34.0. The van der Waals surface area contributed by atoms with Crippen LogP contribution in [0.15, 0.2) is 12.2 Å². The van der Waals surface area contributed by atoms with Gasteiger partial charge in [0.1, 0.15) is 19.8 Å². The van der Waals surface area contributed by atoms with E-state index in [1.165, 1.54) is 161 Å². The zero-order valence-electron chi connectivity index (χ0n) is 40.2. The Bertz CT molecular complexity index is 1030. The van der Waals surface area contributed by atoms with Gasteiger partial charge in [-0.1, -0.05) is 206 Å². The summed E-state index contributed by atoms with van der Waals surface area (Å²) in [5.41, 5.74) is 0. The molecule has 0 aromatic heterocycles. The number of esters is 2. The van der Waals surface area contributed by atoms with E-state index < -0.39 is 26.5 Å². The van der Waals surface area contributed by atoms with Crippen molar-refractivity contribution in [2.75, 3.05) is 47.5 Å². The van der Waals surface area contributed by atoms with Crippen LogP contribution in [-0.2, 0) is 32.7 Å². The average Bonchev–Trinajstić information content (AvgIpc) is 3.20. The Morgan fingerprint density at radius 2 is 0.850 bits per heavy atom. The molecule has 0 aliphatic rings. The number of hydrogen-bond acceptors (Lipinski definition) is 8. The fraction of sp³-hybridized carbons (Fsp3) is 0.920. The normalized spacial score (nSPS) is 13.5. The van der Waals surface area contributed by atoms with E-state index in [4.69, 9.17) is 18.5 Å². The molecule has 0 rings (SSSR count). The zero-order valence-corrected chi connectivity index (χ0v) is 41.1. The Morgan fingerprint density at radius 1 is 0.500 bits per heavy atom. The molecule has 9 nitrogen and oxygen atoms in total. The number of carbonyl (C=O) groups is 2. The number of phosphoric acid groups is 1. The fourth-order valence-electron chi connectivity index (χ4n) is 7.30. The number of unbranched alkanes of at least 4 members (excludes halogenated alkanes) is 31. The van der Waals surface area contributed by atoms with Gasteiger partial charge in [-0.25, -0.2) is 0 Å². The third kappa shape index (κ3) is 46.3. The van der Waals surface area contributed by atoms with Crippen LogP contribution >= 0.6 is 7.82 Å². The molecule has 0 bridgehead atoms. The van der Waals surface area contributed by atoms with Crippen molar-refractivity contribution in [2.24, 2.45) is 0 Å². The minimum atomic E-state index is -4.62. The molecule has 0 fully saturated rings. The summed E-state index contributed by atoms with van der Waals surface area (Å²) in [5.74, 6) is -0.830. The van der Waals surface area contributed by atoms with E-state index in [2.05, 4.69) is 26.0 Å². The van der Waals surface area contributed by atoms with E-state index in [-0.39, 0.29) is 32.0 Å². The summed E-state index contributed by atoms with van der Waals surface area (Å²) in [6, 6.07) is 0. The second-order valence-electron chi connectivity index (χ2n) is 18.5. The topological polar surface area (TPSA) is 111 Å². The second kappa shape index (κ2) is 43.0. The van der Waals surface area contributed by atoms with E-state index in [0.29, 0.717) is 17.4 Å². The molecule has 0 aromatic carbocycles. The Morgan fingerprint density at radius 3 is 1.23 bits per heavy atom. The SMILES string of the molecule is CCCCCCCC/C=C\CCCCCCCC(=O)OC[C@H](COP(=O)([O-])OCC[N+](C)(C)C)OC(=O)CCCCCCCCCCCCCCCCCCCCCCC. The Labute approximate surface area is 371 Å². The van der Waals surface area contributed by atoms with Crippen LogP contribution in [0.1, 0.15) is 245 Å². The molecule has 0 aliphatic heterocycles. The molecule has 0 amide bonds. The van der Waals surface area contributed by atoms with Crippen LogP contribution in [0.3, 0.4) is 0 Å². The second-order valence-corrected chi connectivity index (χ2v) is 20.0. The van der Waals surface area contributed by atoms with Gasteiger partial charge in [-0.05, 0) is 38.5 Å². The highest BCUT2D eigenvalue weighted by atomic mass is 31.2. The van der Waals surface area contributed by atoms with Crippen LogP contribution in [0.4, 0.5) is 0 Å². The maximum absolute atomic E-state index is 12.7. The van der Waals surface area contributed by atoms with E-state index >= 15 is 0 Å². The molecule has 0 saturated carbocycles. The van der Waals surface area contributed by atoms with Gasteiger partial charge >= 0.3 is 11.9 Å². The average molecular weight is 872 g/mol. The minimum absolute atomic E-state index is 0.0286. The smallest absolute Gasteiger partial charge is 0.306 e. The molecule has 2 atom stereocenters. The first-order valence-corrected chi connectivity index (χ1v) is 26.9. The van der Waals surface area contributed by atoms with Crippen molar-refractivity contribution < 1.29 is 42.1 Å². The van der Waals surface area contributed by atoms with Crippen LogP contribution in [0.25, 0.3) is 0 Å². The first-order valence-electron chi connectivity index (χ1n) is 25.4. The molecule has 0 N–H and O–H groups in total. The molecule has 0 saturated heterocycles. The third-order valence-electron chi connectivity index (χ3n) is 11.3. The molecule has 356 valence electrons. The zero-order chi connectivity index (χ0) is 44.3. The van der Waals surface area contributed by atoms with Gasteiger partial charge < -0.3 is 27.9 Å². The maximum Gasteiger partial charge on any atom is 0.306 e. The highest BCUT2D eigenvalue weighted by molar-refractivity contribution is 7.45. The summed E-state index contributed by atoms with van der Waals surface area (Å²) in [4.78, 5) is 37.7. The van der Waals surface area contributed by atoms with E-state index in [9.17, 15) is 19.0 Å². The van der Waals surface area contributed by atoms with Gasteiger partial charge in [0, 0.05) is 12.8 Å². The summed E-state index contributed by atoms with van der Waals surface area (Å²) in [6.07, 6.45) is 46.7. The minimum Gasteiger partial charge on any atom is -0.756 e. The lowest BCUT2D eigenvalue weighted by atomic mass is 10.0. The first kappa shape index (κ1) is 58.8. The van der Waals surface area contributed by atoms with Crippen LogP contribution in [-0.4, -0.2) is 70.0 Å². The molecule has 1 unspecified atom stereocenters. The number of nitrogens with zero attached hydrogens (tertiary/aromatic N) is 1. The van der Waals surface area contributed by atoms with Gasteiger partial charge in [-0.3, -0.25) is 14.2 Å². The van der Waals surface area contributed by atoms with Crippen LogP contribution in [0, 0.1) is 0 Å². The number of ether oxygens (including phenoxy) is 2. The molecular formula is C50H98NO8P. The van der Waals surface area contributed by atoms with Gasteiger partial charge in [0.05, 0.1) is 27.7 Å². The molecule has 0 aromatic rings. The van der Waals surface area contributed by atoms with E-state index in [1.54, 1.807) is 0 Å². The van der Waals surface area contributed by atoms with Crippen molar-refractivity contribution in [3.8, 4) is 0 Å². The summed E-state index contributed by atoms with van der Waals surface area (Å²) in [6.45, 7) is 4.26. The Hall–Kier alpha value is -1.25. The summed E-state index contributed by atoms with van der Waals surface area (Å²) >= 11 is 0. The van der Waals surface area contributed by atoms with Crippen LogP contribution < -0.4 is 4.89 Å². The predicted octanol–water partition coefficient (Wildman–Crippen LogP) is 14.3. The van der Waals surface area contributed by atoms with Crippen molar-refractivity contribution in [3.05, 3.63) is 12.2 Å². The number of hydrogen-bond donors (Lipinski definition) is 0. The molecule has 0 aliphatic carbocycles. The molecule has 10 heteroatoms. The number of likely N-dealkylation sites (N-methyl/N-ethyl adjacent to an activating group) is 1. The van der Waals surface area contributed by atoms with Gasteiger partial charge in [-0.2, -0.15) is 0 Å². The molecule has 0 radical (unpaired) electrons. The maximum atomic E-state index is 12.7. The third-order valence-corrected chi connectivity index (χ3v) is 12.2. The van der Waals surface area contributed by atoms with Crippen molar-refractivity contribution >= 4 is 19.8 Å². The Balaban J connectivity index is 4.22. The molecule has 0 heterocycles. The van der Waals surface area contributed by atoms with Crippen molar-refractivity contribution in [1.82, 2.24) is 0 Å². The first-order chi connectivity index (χ1) is 29.0. The van der Waals surface area contributed by atoms with Gasteiger partial charge in [0.2, 0.25) is 0 Å².